The number of carbonyl (C=O) groups is 3. The number of benzene rings is 4. The van der Waals surface area contributed by atoms with Crippen LogP contribution in [0.5, 0.6) is 11.5 Å². The minimum atomic E-state index is -1.69. The number of para-hydroxylation sites is 1. The van der Waals surface area contributed by atoms with Gasteiger partial charge in [-0.3, -0.25) is 19.4 Å². The van der Waals surface area contributed by atoms with Crippen LogP contribution in [0.15, 0.2) is 102 Å². The maximum atomic E-state index is 14.9. The normalized spacial score (nSPS) is 21.4. The lowest BCUT2D eigenvalue weighted by atomic mass is 9.62. The molecular weight excluding hydrogens is 516 g/mol. The number of hydrogen-bond donors (Lipinski definition) is 0. The number of nitrogens with zero attached hydrogens (tertiary/aromatic N) is 2. The molecule has 1 saturated heterocycles. The fourth-order valence-corrected chi connectivity index (χ4v) is 7.05. The van der Waals surface area contributed by atoms with Crippen molar-refractivity contribution in [2.24, 2.45) is 10.5 Å². The molecule has 0 amide bonds. The number of fused-ring (bicyclic) bond motifs is 5. The van der Waals surface area contributed by atoms with E-state index in [2.05, 4.69) is 0 Å². The molecule has 0 N–H and O–H groups in total. The molecule has 41 heavy (non-hydrogen) atoms. The Morgan fingerprint density at radius 1 is 0.756 bits per heavy atom. The van der Waals surface area contributed by atoms with Gasteiger partial charge in [0.1, 0.15) is 11.5 Å². The van der Waals surface area contributed by atoms with E-state index < -0.39 is 23.4 Å². The first-order valence-corrected chi connectivity index (χ1v) is 13.4. The Balaban J connectivity index is 1.59. The topological polar surface area (TPSA) is 85.3 Å². The van der Waals surface area contributed by atoms with Gasteiger partial charge >= 0.3 is 0 Å². The fourth-order valence-electron chi connectivity index (χ4n) is 7.05. The van der Waals surface area contributed by atoms with Crippen molar-refractivity contribution >= 4 is 23.6 Å². The molecule has 202 valence electrons. The summed E-state index contributed by atoms with van der Waals surface area (Å²) in [6.07, 6.45) is 1.70. The Morgan fingerprint density at radius 2 is 1.39 bits per heavy atom. The third kappa shape index (κ3) is 3.26. The summed E-state index contributed by atoms with van der Waals surface area (Å²) in [7, 11) is 3.05. The van der Waals surface area contributed by atoms with Crippen LogP contribution in [0.2, 0.25) is 0 Å². The van der Waals surface area contributed by atoms with E-state index in [-0.39, 0.29) is 17.3 Å². The lowest BCUT2D eigenvalue weighted by Crippen LogP contribution is -2.44. The van der Waals surface area contributed by atoms with E-state index in [0.29, 0.717) is 33.8 Å². The van der Waals surface area contributed by atoms with Crippen LogP contribution in [0, 0.1) is 5.41 Å². The summed E-state index contributed by atoms with van der Waals surface area (Å²) in [5.41, 5.74) is 1.59. The average Bonchev–Trinajstić information content (AvgIpc) is 3.46. The molecular formula is C34H26N2O5. The molecule has 4 aromatic rings. The van der Waals surface area contributed by atoms with Crippen molar-refractivity contribution in [1.82, 2.24) is 5.01 Å². The summed E-state index contributed by atoms with van der Waals surface area (Å²) in [6.45, 7) is 0. The highest BCUT2D eigenvalue weighted by Crippen LogP contribution is 2.66. The highest BCUT2D eigenvalue weighted by Gasteiger charge is 2.73. The van der Waals surface area contributed by atoms with Gasteiger partial charge in [-0.05, 0) is 17.2 Å². The van der Waals surface area contributed by atoms with Gasteiger partial charge in [0, 0.05) is 28.2 Å². The van der Waals surface area contributed by atoms with E-state index in [4.69, 9.17) is 14.6 Å². The van der Waals surface area contributed by atoms with Crippen LogP contribution in [-0.4, -0.2) is 48.8 Å². The van der Waals surface area contributed by atoms with E-state index in [0.717, 1.165) is 11.1 Å². The van der Waals surface area contributed by atoms with E-state index in [9.17, 15) is 14.4 Å². The van der Waals surface area contributed by atoms with Crippen LogP contribution in [0.25, 0.3) is 0 Å². The maximum Gasteiger partial charge on any atom is 0.187 e. The summed E-state index contributed by atoms with van der Waals surface area (Å²) in [5.74, 6) is -1.01. The Hall–Kier alpha value is -5.04. The molecule has 0 radical (unpaired) electrons. The monoisotopic (exact) mass is 542 g/mol. The lowest BCUT2D eigenvalue weighted by molar-refractivity contribution is 0.0585. The van der Waals surface area contributed by atoms with Crippen molar-refractivity contribution in [3.8, 4) is 11.5 Å². The van der Waals surface area contributed by atoms with Gasteiger partial charge in [-0.15, -0.1) is 0 Å². The number of hydrogen-bond acceptors (Lipinski definition) is 7. The first-order valence-electron chi connectivity index (χ1n) is 13.4. The molecule has 4 aromatic carbocycles. The van der Waals surface area contributed by atoms with Gasteiger partial charge in [-0.1, -0.05) is 91.0 Å². The molecule has 0 saturated carbocycles. The molecule has 7 heteroatoms. The Kier molecular flexibility index (Phi) is 5.64. The molecule has 3 aliphatic rings. The summed E-state index contributed by atoms with van der Waals surface area (Å²) < 4.78 is 11.5. The molecule has 0 bridgehead atoms. The van der Waals surface area contributed by atoms with E-state index in [1.54, 1.807) is 71.9 Å². The van der Waals surface area contributed by atoms with Gasteiger partial charge in [0.25, 0.3) is 0 Å². The largest absolute Gasteiger partial charge is 0.493 e. The zero-order valence-electron chi connectivity index (χ0n) is 22.5. The number of ether oxygens (including phenoxy) is 2. The van der Waals surface area contributed by atoms with E-state index >= 15 is 0 Å². The first kappa shape index (κ1) is 25.0. The maximum absolute atomic E-state index is 14.9. The smallest absolute Gasteiger partial charge is 0.187 e. The number of Topliss-reactive ketones (excluding diaryl/α,β-unsaturated/α-hetero) is 3. The zero-order valence-corrected chi connectivity index (χ0v) is 22.5. The molecule has 3 unspecified atom stereocenters. The third-order valence-corrected chi connectivity index (χ3v) is 8.67. The lowest BCUT2D eigenvalue weighted by Gasteiger charge is -2.36. The second kappa shape index (κ2) is 9.27. The number of rotatable bonds is 5. The van der Waals surface area contributed by atoms with Crippen molar-refractivity contribution < 1.29 is 23.9 Å². The predicted octanol–water partition coefficient (Wildman–Crippen LogP) is 5.51. The standard InChI is InChI=1S/C34H26N2O5/c1-40-26-18-10-17-25(30(26)41-2)27-28(29(37)20-11-4-3-5-12-20)36-31(22-14-7-6-13-21(22)19-35-36)34(27)32(38)23-15-8-9-16-24(23)33(34)39/h3-19,27-28,31H,1-2H3. The first-order chi connectivity index (χ1) is 20.0. The SMILES string of the molecule is COc1cccc(C2C(C(=O)c3ccccc3)N3N=Cc4ccccc4C3C23C(=O)c2ccccc2C3=O)c1OC. The molecule has 1 spiro atoms. The van der Waals surface area contributed by atoms with Gasteiger partial charge in [0.2, 0.25) is 0 Å². The number of hydrazone groups is 1. The molecule has 7 rings (SSSR count). The van der Waals surface area contributed by atoms with Gasteiger partial charge in [-0.25, -0.2) is 0 Å². The van der Waals surface area contributed by atoms with Crippen LogP contribution in [0.4, 0.5) is 0 Å². The predicted molar refractivity (Wildman–Crippen MR) is 153 cm³/mol. The third-order valence-electron chi connectivity index (χ3n) is 8.67. The van der Waals surface area contributed by atoms with E-state index in [1.807, 2.05) is 36.4 Å². The van der Waals surface area contributed by atoms with Crippen molar-refractivity contribution in [3.05, 3.63) is 130 Å². The second-order valence-corrected chi connectivity index (χ2v) is 10.5. The molecule has 1 aliphatic carbocycles. The summed E-state index contributed by atoms with van der Waals surface area (Å²) >= 11 is 0. The molecule has 2 heterocycles. The number of ketones is 3. The molecule has 1 fully saturated rings. The highest BCUT2D eigenvalue weighted by molar-refractivity contribution is 6.31. The van der Waals surface area contributed by atoms with Gasteiger partial charge in [-0.2, -0.15) is 5.10 Å². The minimum Gasteiger partial charge on any atom is -0.493 e. The quantitative estimate of drug-likeness (QED) is 0.244. The van der Waals surface area contributed by atoms with Gasteiger partial charge in [0.15, 0.2) is 28.8 Å². The fraction of sp³-hybridized carbons (Fsp3) is 0.176. The summed E-state index contributed by atoms with van der Waals surface area (Å²) in [6, 6.07) is 27.0. The summed E-state index contributed by atoms with van der Waals surface area (Å²) in [5, 5.41) is 6.48. The van der Waals surface area contributed by atoms with Crippen LogP contribution in [-0.2, 0) is 0 Å². The van der Waals surface area contributed by atoms with Crippen molar-refractivity contribution in [2.75, 3.05) is 14.2 Å². The Morgan fingerprint density at radius 3 is 2.07 bits per heavy atom. The number of methoxy groups -OCH3 is 2. The van der Waals surface area contributed by atoms with Crippen LogP contribution >= 0.6 is 0 Å². The summed E-state index contributed by atoms with van der Waals surface area (Å²) in [4.78, 5) is 44.3. The van der Waals surface area contributed by atoms with Gasteiger partial charge < -0.3 is 9.47 Å². The van der Waals surface area contributed by atoms with Crippen LogP contribution in [0.3, 0.4) is 0 Å². The molecule has 0 aromatic heterocycles. The Labute approximate surface area is 237 Å². The van der Waals surface area contributed by atoms with Gasteiger partial charge in [0.05, 0.1) is 26.5 Å². The van der Waals surface area contributed by atoms with Crippen LogP contribution in [0.1, 0.15) is 59.7 Å². The molecule has 3 atom stereocenters. The van der Waals surface area contributed by atoms with Crippen molar-refractivity contribution in [1.29, 1.82) is 0 Å². The molecule has 2 aliphatic heterocycles. The van der Waals surface area contributed by atoms with Crippen LogP contribution < -0.4 is 9.47 Å². The van der Waals surface area contributed by atoms with Crippen molar-refractivity contribution in [3.63, 3.8) is 0 Å². The number of carbonyl (C=O) groups excluding carboxylic acids is 3. The molecule has 7 nitrogen and oxygen atoms in total. The zero-order chi connectivity index (χ0) is 28.3. The minimum absolute atomic E-state index is 0.240. The Bertz CT molecular complexity index is 1730. The van der Waals surface area contributed by atoms with Crippen molar-refractivity contribution in [2.45, 2.75) is 18.0 Å². The average molecular weight is 543 g/mol. The highest BCUT2D eigenvalue weighted by atomic mass is 16.5. The van der Waals surface area contributed by atoms with E-state index in [1.165, 1.54) is 14.2 Å². The second-order valence-electron chi connectivity index (χ2n) is 10.5.